The molecule has 116 valence electrons. The van der Waals surface area contributed by atoms with Gasteiger partial charge in [0.05, 0.1) is 0 Å². The van der Waals surface area contributed by atoms with E-state index in [4.69, 9.17) is 22.1 Å². The number of carbonyl (C=O) groups excluding carboxylic acids is 1. The van der Waals surface area contributed by atoms with Gasteiger partial charge in [-0.1, -0.05) is 11.6 Å². The topological polar surface area (TPSA) is 64.4 Å². The minimum atomic E-state index is -0.343. The van der Waals surface area contributed by atoms with E-state index in [1.165, 1.54) is 18.2 Å². The molecule has 1 aromatic carbocycles. The predicted octanol–water partition coefficient (Wildman–Crippen LogP) is 2.24. The molecule has 0 radical (unpaired) electrons. The second-order valence-electron chi connectivity index (χ2n) is 5.34. The molecule has 3 N–H and O–H groups in total. The maximum absolute atomic E-state index is 13.3. The second-order valence-corrected chi connectivity index (χ2v) is 5.75. The first-order valence-corrected chi connectivity index (χ1v) is 7.47. The molecule has 1 fully saturated rings. The Labute approximate surface area is 128 Å². The monoisotopic (exact) mass is 314 g/mol. The molecule has 0 aliphatic carbocycles. The Kier molecular flexibility index (Phi) is 5.96. The molecule has 0 saturated carbocycles. The van der Waals surface area contributed by atoms with E-state index >= 15 is 0 Å². The SMILES string of the molecule is NC(=O)C[C@@H](NCc1cc(F)ccc1Cl)C1CCOCC1. The summed E-state index contributed by atoms with van der Waals surface area (Å²) in [7, 11) is 0. The standard InChI is InChI=1S/C15H20ClFN2O2/c16-13-2-1-12(17)7-11(13)9-19-14(8-15(18)20)10-3-5-21-6-4-10/h1-2,7,10,14,19H,3-6,8-9H2,(H2,18,20)/t14-/m1/s1. The summed E-state index contributed by atoms with van der Waals surface area (Å²) < 4.78 is 18.6. The van der Waals surface area contributed by atoms with E-state index in [9.17, 15) is 9.18 Å². The molecular weight excluding hydrogens is 295 g/mol. The maximum Gasteiger partial charge on any atom is 0.218 e. The number of carbonyl (C=O) groups is 1. The highest BCUT2D eigenvalue weighted by Gasteiger charge is 2.25. The fourth-order valence-electron chi connectivity index (χ4n) is 2.66. The van der Waals surface area contributed by atoms with E-state index in [1.54, 1.807) is 0 Å². The van der Waals surface area contributed by atoms with Gasteiger partial charge in [0, 0.05) is 37.2 Å². The minimum Gasteiger partial charge on any atom is -0.381 e. The number of halogens is 2. The van der Waals surface area contributed by atoms with E-state index in [2.05, 4.69) is 5.32 Å². The highest BCUT2D eigenvalue weighted by atomic mass is 35.5. The zero-order valence-electron chi connectivity index (χ0n) is 11.8. The van der Waals surface area contributed by atoms with Gasteiger partial charge in [-0.2, -0.15) is 0 Å². The summed E-state index contributed by atoms with van der Waals surface area (Å²) in [6.07, 6.45) is 2.04. The van der Waals surface area contributed by atoms with Gasteiger partial charge in [0.15, 0.2) is 0 Å². The van der Waals surface area contributed by atoms with E-state index in [0.717, 1.165) is 12.8 Å². The molecule has 1 saturated heterocycles. The lowest BCUT2D eigenvalue weighted by molar-refractivity contribution is -0.119. The molecular formula is C15H20ClFN2O2. The lowest BCUT2D eigenvalue weighted by Crippen LogP contribution is -2.41. The molecule has 0 spiro atoms. The quantitative estimate of drug-likeness (QED) is 0.846. The highest BCUT2D eigenvalue weighted by Crippen LogP contribution is 2.22. The Morgan fingerprint density at radius 3 is 2.86 bits per heavy atom. The van der Waals surface area contributed by atoms with Gasteiger partial charge in [-0.05, 0) is 42.5 Å². The smallest absolute Gasteiger partial charge is 0.218 e. The van der Waals surface area contributed by atoms with Crippen LogP contribution in [-0.2, 0) is 16.1 Å². The minimum absolute atomic E-state index is 0.0364. The van der Waals surface area contributed by atoms with Crippen LogP contribution in [0.1, 0.15) is 24.8 Å². The first-order chi connectivity index (χ1) is 10.1. The molecule has 1 heterocycles. The number of primary amides is 1. The van der Waals surface area contributed by atoms with Crippen LogP contribution in [0, 0.1) is 11.7 Å². The van der Waals surface area contributed by atoms with Crippen molar-refractivity contribution in [1.29, 1.82) is 0 Å². The van der Waals surface area contributed by atoms with Crippen LogP contribution in [0.2, 0.25) is 5.02 Å². The van der Waals surface area contributed by atoms with Crippen molar-refractivity contribution in [2.45, 2.75) is 31.8 Å². The first-order valence-electron chi connectivity index (χ1n) is 7.09. The molecule has 21 heavy (non-hydrogen) atoms. The molecule has 0 bridgehead atoms. The van der Waals surface area contributed by atoms with Crippen LogP contribution in [0.3, 0.4) is 0 Å². The van der Waals surface area contributed by atoms with Crippen LogP contribution in [0.25, 0.3) is 0 Å². The molecule has 1 aliphatic rings. The third kappa shape index (κ3) is 4.95. The van der Waals surface area contributed by atoms with Crippen molar-refractivity contribution >= 4 is 17.5 Å². The van der Waals surface area contributed by atoms with Crippen molar-refractivity contribution in [2.24, 2.45) is 11.7 Å². The largest absolute Gasteiger partial charge is 0.381 e. The summed E-state index contributed by atoms with van der Waals surface area (Å²) in [4.78, 5) is 11.2. The fourth-order valence-corrected chi connectivity index (χ4v) is 2.84. The number of nitrogens with one attached hydrogen (secondary N) is 1. The number of hydrogen-bond acceptors (Lipinski definition) is 3. The van der Waals surface area contributed by atoms with Gasteiger partial charge in [-0.3, -0.25) is 4.79 Å². The number of benzene rings is 1. The Balaban J connectivity index is 2.00. The molecule has 0 aromatic heterocycles. The molecule has 0 unspecified atom stereocenters. The average Bonchev–Trinajstić information content (AvgIpc) is 2.47. The van der Waals surface area contributed by atoms with E-state index in [0.29, 0.717) is 36.3 Å². The summed E-state index contributed by atoms with van der Waals surface area (Å²) >= 11 is 6.05. The van der Waals surface area contributed by atoms with Gasteiger partial charge in [0.25, 0.3) is 0 Å². The van der Waals surface area contributed by atoms with Gasteiger partial charge in [0.1, 0.15) is 5.82 Å². The molecule has 1 aromatic rings. The molecule has 4 nitrogen and oxygen atoms in total. The van der Waals surface area contributed by atoms with E-state index in [1.807, 2.05) is 0 Å². The number of ether oxygens (including phenoxy) is 1. The summed E-state index contributed by atoms with van der Waals surface area (Å²) in [6, 6.07) is 4.22. The molecule has 2 rings (SSSR count). The number of nitrogens with two attached hydrogens (primary N) is 1. The van der Waals surface area contributed by atoms with Crippen LogP contribution in [0.4, 0.5) is 4.39 Å². The van der Waals surface area contributed by atoms with Crippen molar-refractivity contribution in [3.63, 3.8) is 0 Å². The van der Waals surface area contributed by atoms with E-state index < -0.39 is 0 Å². The van der Waals surface area contributed by atoms with Crippen LogP contribution < -0.4 is 11.1 Å². The highest BCUT2D eigenvalue weighted by molar-refractivity contribution is 6.31. The molecule has 1 amide bonds. The van der Waals surface area contributed by atoms with Crippen LogP contribution in [-0.4, -0.2) is 25.2 Å². The lowest BCUT2D eigenvalue weighted by Gasteiger charge is -2.30. The van der Waals surface area contributed by atoms with Crippen LogP contribution >= 0.6 is 11.6 Å². The maximum atomic E-state index is 13.3. The van der Waals surface area contributed by atoms with Crippen molar-refractivity contribution in [3.05, 3.63) is 34.6 Å². The third-order valence-electron chi connectivity index (χ3n) is 3.82. The Morgan fingerprint density at radius 1 is 1.48 bits per heavy atom. The Bertz CT molecular complexity index is 493. The molecule has 1 aliphatic heterocycles. The molecule has 6 heteroatoms. The van der Waals surface area contributed by atoms with E-state index in [-0.39, 0.29) is 24.2 Å². The van der Waals surface area contributed by atoms with Gasteiger partial charge in [-0.25, -0.2) is 4.39 Å². The van der Waals surface area contributed by atoms with Crippen molar-refractivity contribution in [3.8, 4) is 0 Å². The third-order valence-corrected chi connectivity index (χ3v) is 4.19. The van der Waals surface area contributed by atoms with Crippen LogP contribution in [0.5, 0.6) is 0 Å². The fraction of sp³-hybridized carbons (Fsp3) is 0.533. The first kappa shape index (κ1) is 16.2. The zero-order valence-corrected chi connectivity index (χ0v) is 12.5. The lowest BCUT2D eigenvalue weighted by atomic mass is 9.89. The summed E-state index contributed by atoms with van der Waals surface area (Å²) in [5, 5.41) is 3.81. The van der Waals surface area contributed by atoms with Gasteiger partial charge in [-0.15, -0.1) is 0 Å². The predicted molar refractivity (Wildman–Crippen MR) is 79.4 cm³/mol. The second kappa shape index (κ2) is 7.73. The van der Waals surface area contributed by atoms with Crippen molar-refractivity contribution < 1.29 is 13.9 Å². The number of amides is 1. The number of rotatable bonds is 6. The van der Waals surface area contributed by atoms with Gasteiger partial charge in [0.2, 0.25) is 5.91 Å². The van der Waals surface area contributed by atoms with Gasteiger partial charge < -0.3 is 15.8 Å². The average molecular weight is 315 g/mol. The number of hydrogen-bond donors (Lipinski definition) is 2. The molecule has 1 atom stereocenters. The Morgan fingerprint density at radius 2 is 2.19 bits per heavy atom. The summed E-state index contributed by atoms with van der Waals surface area (Å²) in [6.45, 7) is 1.80. The summed E-state index contributed by atoms with van der Waals surface area (Å²) in [5.74, 6) is -0.336. The van der Waals surface area contributed by atoms with Crippen molar-refractivity contribution in [1.82, 2.24) is 5.32 Å². The zero-order chi connectivity index (χ0) is 15.2. The summed E-state index contributed by atoms with van der Waals surface area (Å²) in [5.41, 5.74) is 6.01. The Hall–Kier alpha value is -1.17. The van der Waals surface area contributed by atoms with Crippen molar-refractivity contribution in [2.75, 3.05) is 13.2 Å². The van der Waals surface area contributed by atoms with Gasteiger partial charge >= 0.3 is 0 Å². The normalized spacial score (nSPS) is 17.6. The van der Waals surface area contributed by atoms with Crippen LogP contribution in [0.15, 0.2) is 18.2 Å².